The number of anilines is 3. The number of nitrogens with two attached hydrogens (primary N) is 1. The van der Waals surface area contributed by atoms with Gasteiger partial charge in [-0.2, -0.15) is 5.26 Å². The number of aliphatic hydroxyl groups is 1. The number of nitrogens with zero attached hydrogens (tertiary/aromatic N) is 4. The lowest BCUT2D eigenvalue weighted by Crippen LogP contribution is -2.02. The van der Waals surface area contributed by atoms with Crippen LogP contribution in [-0.4, -0.2) is 28.3 Å². The van der Waals surface area contributed by atoms with Gasteiger partial charge in [0, 0.05) is 22.4 Å². The molecular weight excluding hydrogens is 492 g/mol. The lowest BCUT2D eigenvalue weighted by molar-refractivity contribution is 0.201. The van der Waals surface area contributed by atoms with E-state index in [0.29, 0.717) is 27.7 Å². The number of hydrogen-bond donors (Lipinski definition) is 3. The average molecular weight is 515 g/mol. The van der Waals surface area contributed by atoms with Gasteiger partial charge in [0.2, 0.25) is 5.69 Å². The summed E-state index contributed by atoms with van der Waals surface area (Å²) in [7, 11) is 0. The van der Waals surface area contributed by atoms with E-state index in [1.54, 1.807) is 24.3 Å². The van der Waals surface area contributed by atoms with Gasteiger partial charge in [0.05, 0.1) is 24.4 Å². The van der Waals surface area contributed by atoms with Crippen molar-refractivity contribution in [2.45, 2.75) is 17.7 Å². The molecule has 2 aromatic carbocycles. The molecule has 0 aliphatic heterocycles. The van der Waals surface area contributed by atoms with E-state index in [1.807, 2.05) is 36.6 Å². The number of aliphatic hydroxyl groups excluding tert-OH is 1. The molecule has 4 rings (SSSR count). The van der Waals surface area contributed by atoms with Gasteiger partial charge < -0.3 is 20.9 Å². The number of ether oxygens (including phenoxy) is 1. The molecule has 0 unspecified atom stereocenters. The average Bonchev–Trinajstić information content (AvgIpc) is 3.34. The zero-order valence-corrected chi connectivity index (χ0v) is 21.0. The third-order valence-corrected chi connectivity index (χ3v) is 7.00. The minimum absolute atomic E-state index is 0.0716. The molecule has 0 aliphatic carbocycles. The number of para-hydroxylation sites is 1. The number of nitrogen functional groups attached to an aromatic ring is 1. The monoisotopic (exact) mass is 514 g/mol. The van der Waals surface area contributed by atoms with E-state index < -0.39 is 0 Å². The molecule has 0 aliphatic rings. The van der Waals surface area contributed by atoms with E-state index in [9.17, 15) is 5.26 Å². The molecule has 0 fully saturated rings. The second-order valence-corrected chi connectivity index (χ2v) is 9.42. The first-order valence-electron chi connectivity index (χ1n) is 10.9. The highest BCUT2D eigenvalue weighted by molar-refractivity contribution is 7.98. The van der Waals surface area contributed by atoms with Crippen LogP contribution in [-0.2, 0) is 5.75 Å². The Kier molecular flexibility index (Phi) is 8.03. The largest absolute Gasteiger partial charge is 0.491 e. The molecule has 0 amide bonds. The van der Waals surface area contributed by atoms with Gasteiger partial charge in [-0.3, -0.25) is 0 Å². The molecule has 0 saturated carbocycles. The number of thiazole rings is 1. The van der Waals surface area contributed by atoms with Crippen LogP contribution in [0.2, 0.25) is 0 Å². The Hall–Kier alpha value is -4.09. The van der Waals surface area contributed by atoms with Crippen LogP contribution in [0.4, 0.5) is 22.3 Å². The molecule has 180 valence electrons. The maximum atomic E-state index is 10.0. The van der Waals surface area contributed by atoms with Crippen molar-refractivity contribution in [2.24, 2.45) is 0 Å². The summed E-state index contributed by atoms with van der Waals surface area (Å²) in [5.41, 5.74) is 10.6. The number of aromatic nitrogens is 2. The number of hydrogen-bond acceptors (Lipinski definition) is 9. The van der Waals surface area contributed by atoms with Gasteiger partial charge in [0.1, 0.15) is 29.3 Å². The molecule has 8 nitrogen and oxygen atoms in total. The fourth-order valence-corrected chi connectivity index (χ4v) is 5.17. The fraction of sp³-hybridized carbons (Fsp3) is 0.154. The van der Waals surface area contributed by atoms with Crippen molar-refractivity contribution in [1.29, 1.82) is 5.26 Å². The molecule has 0 atom stereocenters. The minimum Gasteiger partial charge on any atom is -0.491 e. The van der Waals surface area contributed by atoms with Crippen molar-refractivity contribution in [2.75, 3.05) is 24.3 Å². The van der Waals surface area contributed by atoms with Crippen molar-refractivity contribution in [3.05, 3.63) is 82.1 Å². The van der Waals surface area contributed by atoms with Crippen LogP contribution in [0, 0.1) is 24.8 Å². The van der Waals surface area contributed by atoms with Crippen molar-refractivity contribution >= 4 is 45.4 Å². The SMILES string of the molecule is [C-]#[N+]c1c(N)nc(SCc2csc(Nc3ccccc3C)n2)c(C#N)c1-c1ccc(OCCO)cc1. The standard InChI is InChI=1S/C26H22N6O2S2/c1-16-5-3-4-6-21(16)31-26-30-18(15-36-26)14-35-25-20(13-27)22(23(29-2)24(28)32-25)17-7-9-19(10-8-17)34-12-11-33/h3-10,15,33H,11-12,14H2,1H3,(H2,28,32)(H,30,31). The van der Waals surface area contributed by atoms with Crippen LogP contribution in [0.5, 0.6) is 5.75 Å². The second kappa shape index (κ2) is 11.6. The van der Waals surface area contributed by atoms with E-state index >= 15 is 0 Å². The number of pyridine rings is 1. The topological polar surface area (TPSA) is 121 Å². The number of benzene rings is 2. The molecule has 0 bridgehead atoms. The Balaban J connectivity index is 1.59. The molecular formula is C26H22N6O2S2. The van der Waals surface area contributed by atoms with Gasteiger partial charge >= 0.3 is 0 Å². The fourth-order valence-electron chi connectivity index (χ4n) is 3.46. The van der Waals surface area contributed by atoms with Crippen LogP contribution in [0.3, 0.4) is 0 Å². The maximum Gasteiger partial charge on any atom is 0.236 e. The highest BCUT2D eigenvalue weighted by Crippen LogP contribution is 2.42. The van der Waals surface area contributed by atoms with Gasteiger partial charge in [-0.1, -0.05) is 42.1 Å². The molecule has 2 aromatic heterocycles. The van der Waals surface area contributed by atoms with Crippen molar-refractivity contribution in [3.63, 3.8) is 0 Å². The Morgan fingerprint density at radius 1 is 1.22 bits per heavy atom. The summed E-state index contributed by atoms with van der Waals surface area (Å²) >= 11 is 2.85. The van der Waals surface area contributed by atoms with E-state index in [0.717, 1.165) is 22.1 Å². The van der Waals surface area contributed by atoms with Gasteiger partial charge in [-0.15, -0.1) is 11.3 Å². The number of rotatable bonds is 9. The number of nitrogens with one attached hydrogen (secondary N) is 1. The van der Waals surface area contributed by atoms with Gasteiger partial charge in [-0.25, -0.2) is 14.8 Å². The Labute approximate surface area is 217 Å². The molecule has 0 spiro atoms. The summed E-state index contributed by atoms with van der Waals surface area (Å²) in [6.45, 7) is 9.74. The predicted octanol–water partition coefficient (Wildman–Crippen LogP) is 5.93. The molecule has 0 radical (unpaired) electrons. The molecule has 36 heavy (non-hydrogen) atoms. The number of nitriles is 1. The minimum atomic E-state index is -0.0912. The zero-order valence-electron chi connectivity index (χ0n) is 19.4. The summed E-state index contributed by atoms with van der Waals surface area (Å²) in [6, 6.07) is 17.2. The van der Waals surface area contributed by atoms with E-state index in [1.165, 1.54) is 23.1 Å². The van der Waals surface area contributed by atoms with Crippen molar-refractivity contribution in [1.82, 2.24) is 9.97 Å². The zero-order chi connectivity index (χ0) is 25.5. The van der Waals surface area contributed by atoms with Crippen LogP contribution in [0.1, 0.15) is 16.8 Å². The predicted molar refractivity (Wildman–Crippen MR) is 144 cm³/mol. The molecule has 2 heterocycles. The summed E-state index contributed by atoms with van der Waals surface area (Å²) in [5, 5.41) is 25.5. The molecule has 0 saturated heterocycles. The third-order valence-electron chi connectivity index (χ3n) is 5.19. The van der Waals surface area contributed by atoms with Gasteiger partial charge in [-0.05, 0) is 36.2 Å². The smallest absolute Gasteiger partial charge is 0.236 e. The summed E-state index contributed by atoms with van der Waals surface area (Å²) < 4.78 is 5.41. The van der Waals surface area contributed by atoms with Crippen LogP contribution in [0.25, 0.3) is 16.0 Å². The molecule has 4 aromatic rings. The van der Waals surface area contributed by atoms with Crippen molar-refractivity contribution < 1.29 is 9.84 Å². The first kappa shape index (κ1) is 25.0. The van der Waals surface area contributed by atoms with Crippen LogP contribution >= 0.6 is 23.1 Å². The lowest BCUT2D eigenvalue weighted by atomic mass is 10.00. The molecule has 10 heteroatoms. The maximum absolute atomic E-state index is 10.0. The third kappa shape index (κ3) is 5.58. The Bertz CT molecular complexity index is 1460. The summed E-state index contributed by atoms with van der Waals surface area (Å²) in [4.78, 5) is 12.6. The van der Waals surface area contributed by atoms with Crippen molar-refractivity contribution in [3.8, 4) is 22.9 Å². The van der Waals surface area contributed by atoms with E-state index in [4.69, 9.17) is 22.1 Å². The van der Waals surface area contributed by atoms with E-state index in [2.05, 4.69) is 26.2 Å². The summed E-state index contributed by atoms with van der Waals surface area (Å²) in [5.74, 6) is 1.13. The van der Waals surface area contributed by atoms with E-state index in [-0.39, 0.29) is 30.3 Å². The first-order valence-corrected chi connectivity index (χ1v) is 12.8. The quantitative estimate of drug-likeness (QED) is 0.186. The lowest BCUT2D eigenvalue weighted by Gasteiger charge is -2.13. The highest BCUT2D eigenvalue weighted by atomic mass is 32.2. The number of thioether (sulfide) groups is 1. The van der Waals surface area contributed by atoms with Gasteiger partial charge in [0.15, 0.2) is 5.13 Å². The first-order chi connectivity index (χ1) is 17.5. The number of aryl methyl sites for hydroxylation is 1. The normalized spacial score (nSPS) is 10.4. The van der Waals surface area contributed by atoms with Crippen LogP contribution in [0.15, 0.2) is 58.9 Å². The second-order valence-electron chi connectivity index (χ2n) is 7.59. The Morgan fingerprint density at radius 3 is 2.69 bits per heavy atom. The summed E-state index contributed by atoms with van der Waals surface area (Å²) in [6.07, 6.45) is 0. The Morgan fingerprint density at radius 2 is 2.00 bits per heavy atom. The van der Waals surface area contributed by atoms with Crippen LogP contribution < -0.4 is 15.8 Å². The molecule has 4 N–H and O–H groups in total. The van der Waals surface area contributed by atoms with Gasteiger partial charge in [0.25, 0.3) is 0 Å². The highest BCUT2D eigenvalue weighted by Gasteiger charge is 2.21.